The predicted molar refractivity (Wildman–Crippen MR) is 63.5 cm³/mol. The highest BCUT2D eigenvalue weighted by atomic mass is 79.9. The van der Waals surface area contributed by atoms with Crippen LogP contribution in [0.25, 0.3) is 10.9 Å². The molecular weight excluding hydrogens is 240 g/mol. The van der Waals surface area contributed by atoms with Gasteiger partial charge in [-0.1, -0.05) is 19.1 Å². The summed E-state index contributed by atoms with van der Waals surface area (Å²) in [7, 11) is 0. The van der Waals surface area contributed by atoms with E-state index in [1.54, 1.807) is 0 Å². The van der Waals surface area contributed by atoms with Crippen LogP contribution in [-0.2, 0) is 0 Å². The molecule has 1 atom stereocenters. The molecule has 0 aliphatic heterocycles. The molecule has 0 fully saturated rings. The smallest absolute Gasteiger partial charge is 0.0468 e. The van der Waals surface area contributed by atoms with Crippen LogP contribution < -0.4 is 5.73 Å². The Morgan fingerprint density at radius 2 is 2.29 bits per heavy atom. The fraction of sp³-hybridized carbons (Fsp3) is 0.273. The second-order valence-corrected chi connectivity index (χ2v) is 4.40. The first-order chi connectivity index (χ1) is 6.74. The van der Waals surface area contributed by atoms with E-state index in [0.29, 0.717) is 12.5 Å². The minimum absolute atomic E-state index is 0.394. The fourth-order valence-corrected chi connectivity index (χ4v) is 2.26. The van der Waals surface area contributed by atoms with Crippen molar-refractivity contribution in [1.82, 2.24) is 4.98 Å². The van der Waals surface area contributed by atoms with Crippen LogP contribution in [0, 0.1) is 0 Å². The Balaban J connectivity index is 2.69. The van der Waals surface area contributed by atoms with Crippen molar-refractivity contribution >= 4 is 26.8 Å². The molecule has 2 aromatic rings. The maximum atomic E-state index is 5.69. The maximum Gasteiger partial charge on any atom is 0.0468 e. The molecule has 0 saturated heterocycles. The van der Waals surface area contributed by atoms with Crippen LogP contribution in [0.5, 0.6) is 0 Å². The van der Waals surface area contributed by atoms with Crippen LogP contribution >= 0.6 is 15.9 Å². The van der Waals surface area contributed by atoms with Gasteiger partial charge in [0.15, 0.2) is 0 Å². The zero-order chi connectivity index (χ0) is 10.1. The standard InChI is InChI=1S/C11H13BrN2/c1-7(5-13)8-3-2-4-10-11(8)9(12)6-14-10/h2-4,6-7,14H,5,13H2,1H3. The molecule has 1 aromatic heterocycles. The van der Waals surface area contributed by atoms with E-state index >= 15 is 0 Å². The monoisotopic (exact) mass is 252 g/mol. The van der Waals surface area contributed by atoms with Gasteiger partial charge in [0.05, 0.1) is 0 Å². The SMILES string of the molecule is CC(CN)c1cccc2[nH]cc(Br)c12. The highest BCUT2D eigenvalue weighted by molar-refractivity contribution is 9.10. The van der Waals surface area contributed by atoms with Gasteiger partial charge in [0.25, 0.3) is 0 Å². The van der Waals surface area contributed by atoms with Gasteiger partial charge in [-0.15, -0.1) is 0 Å². The first kappa shape index (κ1) is 9.74. The summed E-state index contributed by atoms with van der Waals surface area (Å²) in [5, 5.41) is 1.26. The number of fused-ring (bicyclic) bond motifs is 1. The molecule has 1 aromatic carbocycles. The van der Waals surface area contributed by atoms with Crippen LogP contribution in [0.4, 0.5) is 0 Å². The molecule has 0 saturated carbocycles. The number of aromatic amines is 1. The summed E-state index contributed by atoms with van der Waals surface area (Å²) in [6.45, 7) is 2.82. The van der Waals surface area contributed by atoms with Crippen molar-refractivity contribution in [2.75, 3.05) is 6.54 Å². The summed E-state index contributed by atoms with van der Waals surface area (Å²) in [6.07, 6.45) is 1.97. The number of rotatable bonds is 2. The van der Waals surface area contributed by atoms with Crippen molar-refractivity contribution in [1.29, 1.82) is 0 Å². The Bertz CT molecular complexity index is 447. The van der Waals surface area contributed by atoms with E-state index in [4.69, 9.17) is 5.73 Å². The van der Waals surface area contributed by atoms with Gasteiger partial charge in [-0.3, -0.25) is 0 Å². The Hall–Kier alpha value is -0.800. The lowest BCUT2D eigenvalue weighted by molar-refractivity contribution is 0.781. The van der Waals surface area contributed by atoms with Crippen molar-refractivity contribution in [2.24, 2.45) is 5.73 Å². The topological polar surface area (TPSA) is 41.8 Å². The van der Waals surface area contributed by atoms with Gasteiger partial charge >= 0.3 is 0 Å². The van der Waals surface area contributed by atoms with E-state index in [-0.39, 0.29) is 0 Å². The highest BCUT2D eigenvalue weighted by Gasteiger charge is 2.10. The molecule has 0 radical (unpaired) electrons. The molecule has 1 unspecified atom stereocenters. The first-order valence-electron chi connectivity index (χ1n) is 4.69. The van der Waals surface area contributed by atoms with Gasteiger partial charge in [0, 0.05) is 21.6 Å². The van der Waals surface area contributed by atoms with E-state index < -0.39 is 0 Å². The van der Waals surface area contributed by atoms with Crippen LogP contribution in [0.2, 0.25) is 0 Å². The molecule has 0 aliphatic carbocycles. The van der Waals surface area contributed by atoms with Gasteiger partial charge in [0.1, 0.15) is 0 Å². The predicted octanol–water partition coefficient (Wildman–Crippen LogP) is 2.99. The highest BCUT2D eigenvalue weighted by Crippen LogP contribution is 2.30. The molecule has 0 aliphatic rings. The lowest BCUT2D eigenvalue weighted by atomic mass is 9.98. The third-order valence-electron chi connectivity index (χ3n) is 2.57. The summed E-state index contributed by atoms with van der Waals surface area (Å²) < 4.78 is 1.11. The Morgan fingerprint density at radius 3 is 3.00 bits per heavy atom. The van der Waals surface area contributed by atoms with Crippen LogP contribution in [0.1, 0.15) is 18.4 Å². The van der Waals surface area contributed by atoms with E-state index in [0.717, 1.165) is 9.99 Å². The number of H-pyrrole nitrogens is 1. The summed E-state index contributed by atoms with van der Waals surface area (Å²) in [5.41, 5.74) is 8.15. The van der Waals surface area contributed by atoms with Crippen molar-refractivity contribution in [3.8, 4) is 0 Å². The second kappa shape index (κ2) is 3.75. The largest absolute Gasteiger partial charge is 0.360 e. The number of nitrogens with two attached hydrogens (primary N) is 1. The molecule has 2 rings (SSSR count). The van der Waals surface area contributed by atoms with E-state index in [2.05, 4.69) is 46.0 Å². The number of nitrogens with one attached hydrogen (secondary N) is 1. The molecule has 2 nitrogen and oxygen atoms in total. The van der Waals surface area contributed by atoms with Gasteiger partial charge in [0.2, 0.25) is 0 Å². The van der Waals surface area contributed by atoms with Crippen molar-refractivity contribution < 1.29 is 0 Å². The van der Waals surface area contributed by atoms with Crippen LogP contribution in [-0.4, -0.2) is 11.5 Å². The number of halogens is 1. The van der Waals surface area contributed by atoms with Crippen molar-refractivity contribution in [3.63, 3.8) is 0 Å². The maximum absolute atomic E-state index is 5.69. The number of benzene rings is 1. The molecule has 74 valence electrons. The third kappa shape index (κ3) is 1.47. The normalized spacial score (nSPS) is 13.4. The zero-order valence-electron chi connectivity index (χ0n) is 8.05. The summed E-state index contributed by atoms with van der Waals surface area (Å²) in [6, 6.07) is 6.28. The number of aromatic nitrogens is 1. The Morgan fingerprint density at radius 1 is 1.50 bits per heavy atom. The Kier molecular flexibility index (Phi) is 2.61. The molecule has 3 heteroatoms. The molecule has 3 N–H and O–H groups in total. The second-order valence-electron chi connectivity index (χ2n) is 3.54. The molecular formula is C11H13BrN2. The minimum Gasteiger partial charge on any atom is -0.360 e. The van der Waals surface area contributed by atoms with Crippen molar-refractivity contribution in [2.45, 2.75) is 12.8 Å². The van der Waals surface area contributed by atoms with Crippen LogP contribution in [0.15, 0.2) is 28.9 Å². The zero-order valence-corrected chi connectivity index (χ0v) is 9.64. The summed E-state index contributed by atoms with van der Waals surface area (Å²) >= 11 is 3.54. The lowest BCUT2D eigenvalue weighted by Gasteiger charge is -2.10. The lowest BCUT2D eigenvalue weighted by Crippen LogP contribution is -2.08. The molecule has 14 heavy (non-hydrogen) atoms. The summed E-state index contributed by atoms with van der Waals surface area (Å²) in [4.78, 5) is 3.22. The van der Waals surface area contributed by atoms with Gasteiger partial charge < -0.3 is 10.7 Å². The quantitative estimate of drug-likeness (QED) is 0.848. The number of hydrogen-bond acceptors (Lipinski definition) is 1. The van der Waals surface area contributed by atoms with Gasteiger partial charge in [-0.2, -0.15) is 0 Å². The average molecular weight is 253 g/mol. The number of hydrogen-bond donors (Lipinski definition) is 2. The van der Waals surface area contributed by atoms with Gasteiger partial charge in [-0.25, -0.2) is 0 Å². The average Bonchev–Trinajstić information content (AvgIpc) is 2.59. The van der Waals surface area contributed by atoms with Crippen LogP contribution in [0.3, 0.4) is 0 Å². The van der Waals surface area contributed by atoms with Gasteiger partial charge in [-0.05, 0) is 40.0 Å². The van der Waals surface area contributed by atoms with E-state index in [9.17, 15) is 0 Å². The van der Waals surface area contributed by atoms with E-state index in [1.807, 2.05) is 6.20 Å². The summed E-state index contributed by atoms with van der Waals surface area (Å²) in [5.74, 6) is 0.394. The Labute approximate surface area is 91.6 Å². The molecule has 0 spiro atoms. The first-order valence-corrected chi connectivity index (χ1v) is 5.49. The van der Waals surface area contributed by atoms with Crippen molar-refractivity contribution in [3.05, 3.63) is 34.4 Å². The molecule has 0 bridgehead atoms. The minimum atomic E-state index is 0.394. The third-order valence-corrected chi connectivity index (χ3v) is 3.20. The molecule has 1 heterocycles. The molecule has 0 amide bonds. The van der Waals surface area contributed by atoms with E-state index in [1.165, 1.54) is 10.9 Å². The fourth-order valence-electron chi connectivity index (χ4n) is 1.71.